The van der Waals surface area contributed by atoms with Gasteiger partial charge in [-0.2, -0.15) is 10.5 Å². The Bertz CT molecular complexity index is 1580. The second-order valence-electron chi connectivity index (χ2n) is 7.48. The van der Waals surface area contributed by atoms with E-state index in [1.807, 2.05) is 32.9 Å². The van der Waals surface area contributed by atoms with Gasteiger partial charge in [0.1, 0.15) is 29.1 Å². The summed E-state index contributed by atoms with van der Waals surface area (Å²) in [5.41, 5.74) is 0.361. The van der Waals surface area contributed by atoms with E-state index in [0.717, 1.165) is 11.1 Å². The molecule has 33 heavy (non-hydrogen) atoms. The van der Waals surface area contributed by atoms with E-state index in [1.54, 1.807) is 36.4 Å². The maximum absolute atomic E-state index is 13.2. The van der Waals surface area contributed by atoms with E-state index in [2.05, 4.69) is 12.1 Å². The van der Waals surface area contributed by atoms with Gasteiger partial charge in [0.05, 0.1) is 27.2 Å². The van der Waals surface area contributed by atoms with Crippen molar-refractivity contribution in [2.24, 2.45) is 0 Å². The summed E-state index contributed by atoms with van der Waals surface area (Å²) < 4.78 is 12.5. The van der Waals surface area contributed by atoms with Crippen LogP contribution in [0.5, 0.6) is 5.75 Å². The zero-order valence-electron chi connectivity index (χ0n) is 18.2. The summed E-state index contributed by atoms with van der Waals surface area (Å²) in [5, 5.41) is 20.7. The summed E-state index contributed by atoms with van der Waals surface area (Å²) in [6.45, 7) is 5.75. The van der Waals surface area contributed by atoms with Crippen molar-refractivity contribution in [3.63, 3.8) is 0 Å². The van der Waals surface area contributed by atoms with Gasteiger partial charge in [-0.05, 0) is 78.9 Å². The van der Waals surface area contributed by atoms with Crippen LogP contribution in [0.2, 0.25) is 0 Å². The number of benzene rings is 3. The molecule has 5 nitrogen and oxygen atoms in total. The van der Waals surface area contributed by atoms with Crippen molar-refractivity contribution < 1.29 is 8.94 Å². The lowest BCUT2D eigenvalue weighted by atomic mass is 10.1. The molecule has 1 heterocycles. The largest absolute Gasteiger partial charge is 0.456 e. The van der Waals surface area contributed by atoms with E-state index in [0.29, 0.717) is 49.9 Å². The Hall–Kier alpha value is -3.09. The Labute approximate surface area is 200 Å². The molecule has 0 spiro atoms. The highest BCUT2D eigenvalue weighted by Gasteiger charge is 2.30. The van der Waals surface area contributed by atoms with Gasteiger partial charge >= 0.3 is 0 Å². The SMILES string of the molecule is CCSP(=S)(Oc1cc2c(=O)c3ccc(C)cc3oc2cc1C)c1c(C#N)cccc1C#N. The average Bonchev–Trinajstić information content (AvgIpc) is 2.79. The smallest absolute Gasteiger partial charge is 0.200 e. The number of hydrogen-bond donors (Lipinski definition) is 0. The quantitative estimate of drug-likeness (QED) is 0.248. The molecule has 4 aromatic rings. The molecule has 0 fully saturated rings. The van der Waals surface area contributed by atoms with Gasteiger partial charge in [0.15, 0.2) is 5.47 Å². The summed E-state index contributed by atoms with van der Waals surface area (Å²) in [4.78, 5) is 13.2. The van der Waals surface area contributed by atoms with Gasteiger partial charge in [-0.25, -0.2) is 0 Å². The van der Waals surface area contributed by atoms with Crippen LogP contribution in [-0.2, 0) is 11.8 Å². The molecule has 4 rings (SSSR count). The van der Waals surface area contributed by atoms with Crippen molar-refractivity contribution in [2.45, 2.75) is 20.8 Å². The van der Waals surface area contributed by atoms with E-state index in [-0.39, 0.29) is 5.43 Å². The first-order valence-corrected chi connectivity index (χ1v) is 14.5. The van der Waals surface area contributed by atoms with Crippen LogP contribution in [-0.4, -0.2) is 5.75 Å². The minimum atomic E-state index is -2.90. The van der Waals surface area contributed by atoms with Gasteiger partial charge < -0.3 is 8.94 Å². The maximum Gasteiger partial charge on any atom is 0.200 e. The molecule has 1 atom stereocenters. The van der Waals surface area contributed by atoms with Crippen LogP contribution in [0.4, 0.5) is 0 Å². The number of nitriles is 2. The second-order valence-corrected chi connectivity index (χ2v) is 14.5. The maximum atomic E-state index is 13.2. The minimum Gasteiger partial charge on any atom is -0.456 e. The molecule has 0 aliphatic rings. The van der Waals surface area contributed by atoms with Crippen LogP contribution in [0.25, 0.3) is 21.9 Å². The van der Waals surface area contributed by atoms with Crippen molar-refractivity contribution >= 4 is 55.9 Å². The van der Waals surface area contributed by atoms with Crippen LogP contribution >= 0.6 is 16.8 Å². The van der Waals surface area contributed by atoms with Crippen LogP contribution < -0.4 is 15.3 Å². The molecule has 3 aromatic carbocycles. The Morgan fingerprint density at radius 2 is 1.70 bits per heavy atom. The molecule has 8 heteroatoms. The van der Waals surface area contributed by atoms with Gasteiger partial charge in [0, 0.05) is 0 Å². The van der Waals surface area contributed by atoms with E-state index < -0.39 is 5.47 Å². The van der Waals surface area contributed by atoms with E-state index >= 15 is 0 Å². The molecule has 0 aliphatic carbocycles. The lowest BCUT2D eigenvalue weighted by Crippen LogP contribution is -2.16. The standard InChI is InChI=1S/C25H19N2O3PS2/c1-4-33-31(32,25-17(13-26)6-5-7-18(25)14-27)30-21-12-20-23(11-16(21)3)29-22-10-15(2)8-9-19(22)24(20)28/h5-12H,4H2,1-3H3. The van der Waals surface area contributed by atoms with Gasteiger partial charge in [0.2, 0.25) is 5.43 Å². The van der Waals surface area contributed by atoms with E-state index in [1.165, 1.54) is 11.4 Å². The average molecular weight is 491 g/mol. The number of nitrogens with zero attached hydrogens (tertiary/aromatic N) is 2. The molecule has 164 valence electrons. The first-order valence-electron chi connectivity index (χ1n) is 10.2. The van der Waals surface area contributed by atoms with Gasteiger partial charge in [-0.15, -0.1) is 0 Å². The van der Waals surface area contributed by atoms with Gasteiger partial charge in [0.25, 0.3) is 0 Å². The summed E-state index contributed by atoms with van der Waals surface area (Å²) in [5.74, 6) is 1.09. The van der Waals surface area contributed by atoms with E-state index in [4.69, 9.17) is 20.7 Å². The monoisotopic (exact) mass is 490 g/mol. The topological polar surface area (TPSA) is 87.0 Å². The Morgan fingerprint density at radius 1 is 1.03 bits per heavy atom. The molecular formula is C25H19N2O3PS2. The van der Waals surface area contributed by atoms with Crippen LogP contribution in [0.15, 0.2) is 57.7 Å². The Kier molecular flexibility index (Phi) is 6.32. The molecule has 0 amide bonds. The number of rotatable bonds is 5. The Morgan fingerprint density at radius 3 is 2.33 bits per heavy atom. The molecular weight excluding hydrogens is 471 g/mol. The molecule has 0 aliphatic heterocycles. The summed E-state index contributed by atoms with van der Waals surface area (Å²) in [7, 11) is 0. The fourth-order valence-electron chi connectivity index (χ4n) is 3.64. The highest BCUT2D eigenvalue weighted by molar-refractivity contribution is 8.71. The molecule has 0 saturated heterocycles. The lowest BCUT2D eigenvalue weighted by Gasteiger charge is -2.25. The van der Waals surface area contributed by atoms with Crippen molar-refractivity contribution in [1.82, 2.24) is 0 Å². The van der Waals surface area contributed by atoms with E-state index in [9.17, 15) is 15.3 Å². The van der Waals surface area contributed by atoms with Crippen LogP contribution in [0.1, 0.15) is 29.2 Å². The fraction of sp³-hybridized carbons (Fsp3) is 0.160. The van der Waals surface area contributed by atoms with Gasteiger partial charge in [-0.3, -0.25) is 4.79 Å². The van der Waals surface area contributed by atoms with Crippen LogP contribution in [0.3, 0.4) is 0 Å². The normalized spacial score (nSPS) is 12.8. The summed E-state index contributed by atoms with van der Waals surface area (Å²) in [6.07, 6.45) is 0. The third-order valence-corrected chi connectivity index (χ3v) is 11.5. The van der Waals surface area contributed by atoms with Crippen molar-refractivity contribution in [3.05, 3.63) is 81.0 Å². The minimum absolute atomic E-state index is 0.150. The van der Waals surface area contributed by atoms with Crippen LogP contribution in [0, 0.1) is 36.5 Å². The zero-order valence-corrected chi connectivity index (χ0v) is 20.7. The highest BCUT2D eigenvalue weighted by atomic mass is 32.9. The summed E-state index contributed by atoms with van der Waals surface area (Å²) in [6, 6.07) is 18.2. The zero-order chi connectivity index (χ0) is 23.8. The molecule has 0 radical (unpaired) electrons. The van der Waals surface area contributed by atoms with Gasteiger partial charge in [-0.1, -0.05) is 30.4 Å². The molecule has 0 bridgehead atoms. The predicted octanol–water partition coefficient (Wildman–Crippen LogP) is 6.07. The predicted molar refractivity (Wildman–Crippen MR) is 138 cm³/mol. The number of hydrogen-bond acceptors (Lipinski definition) is 7. The Balaban J connectivity index is 1.93. The fourth-order valence-corrected chi connectivity index (χ4v) is 9.73. The number of fused-ring (bicyclic) bond motifs is 2. The molecule has 1 unspecified atom stereocenters. The molecule has 1 aromatic heterocycles. The van der Waals surface area contributed by atoms with Crippen molar-refractivity contribution in [2.75, 3.05) is 5.75 Å². The molecule has 0 N–H and O–H groups in total. The second kappa shape index (κ2) is 9.04. The van der Waals surface area contributed by atoms with Crippen molar-refractivity contribution in [1.29, 1.82) is 10.5 Å². The van der Waals surface area contributed by atoms with Crippen molar-refractivity contribution in [3.8, 4) is 17.9 Å². The lowest BCUT2D eigenvalue weighted by molar-refractivity contribution is 0.623. The highest BCUT2D eigenvalue weighted by Crippen LogP contribution is 2.60. The third-order valence-electron chi connectivity index (χ3n) is 5.19. The first-order chi connectivity index (χ1) is 15.8. The molecule has 0 saturated carbocycles. The summed E-state index contributed by atoms with van der Waals surface area (Å²) >= 11 is 7.42. The number of aryl methyl sites for hydroxylation is 2. The first kappa shape index (κ1) is 23.1. The third kappa shape index (κ3) is 4.16.